The highest BCUT2D eigenvalue weighted by Gasteiger charge is 2.37. The summed E-state index contributed by atoms with van der Waals surface area (Å²) >= 11 is 0. The van der Waals surface area contributed by atoms with E-state index >= 15 is 0 Å². The van der Waals surface area contributed by atoms with Gasteiger partial charge in [-0.2, -0.15) is 0 Å². The number of benzene rings is 1. The molecule has 3 aromatic rings. The average molecular weight is 393 g/mol. The third-order valence-corrected chi connectivity index (χ3v) is 5.75. The zero-order chi connectivity index (χ0) is 19.8. The van der Waals surface area contributed by atoms with Crippen LogP contribution in [0.5, 0.6) is 0 Å². The number of rotatable bonds is 4. The fourth-order valence-corrected chi connectivity index (χ4v) is 4.31. The Balaban J connectivity index is 1.35. The van der Waals surface area contributed by atoms with Crippen molar-refractivity contribution in [2.45, 2.75) is 38.2 Å². The third kappa shape index (κ3) is 3.45. The number of nitrogens with zero attached hydrogens (tertiary/aromatic N) is 5. The predicted molar refractivity (Wildman–Crippen MR) is 104 cm³/mol. The molecule has 0 aliphatic carbocycles. The van der Waals surface area contributed by atoms with E-state index in [0.717, 1.165) is 18.2 Å². The monoisotopic (exact) mass is 393 g/mol. The molecule has 8 nitrogen and oxygen atoms in total. The fraction of sp³-hybridized carbons (Fsp3) is 0.381. The van der Waals surface area contributed by atoms with Gasteiger partial charge >= 0.3 is 0 Å². The molecular formula is C21H23N5O3. The first-order valence-electron chi connectivity index (χ1n) is 9.88. The second kappa shape index (κ2) is 7.46. The van der Waals surface area contributed by atoms with Gasteiger partial charge in [0.2, 0.25) is 0 Å². The Morgan fingerprint density at radius 3 is 2.83 bits per heavy atom. The van der Waals surface area contributed by atoms with Gasteiger partial charge < -0.3 is 19.0 Å². The van der Waals surface area contributed by atoms with Gasteiger partial charge in [0.1, 0.15) is 6.26 Å². The lowest BCUT2D eigenvalue weighted by Crippen LogP contribution is -2.39. The van der Waals surface area contributed by atoms with Gasteiger partial charge in [-0.25, -0.2) is 0 Å². The number of carbonyl (C=O) groups excluding carboxylic acids is 1. The van der Waals surface area contributed by atoms with Crippen molar-refractivity contribution in [1.29, 1.82) is 0 Å². The lowest BCUT2D eigenvalue weighted by molar-refractivity contribution is 0.0703. The summed E-state index contributed by atoms with van der Waals surface area (Å²) in [6.45, 7) is 3.04. The maximum atomic E-state index is 12.6. The van der Waals surface area contributed by atoms with Gasteiger partial charge in [0.15, 0.2) is 11.6 Å². The van der Waals surface area contributed by atoms with Crippen molar-refractivity contribution in [2.75, 3.05) is 13.1 Å². The van der Waals surface area contributed by atoms with Crippen LogP contribution in [0.25, 0.3) is 0 Å². The van der Waals surface area contributed by atoms with E-state index in [4.69, 9.17) is 4.42 Å². The van der Waals surface area contributed by atoms with Crippen molar-refractivity contribution < 1.29 is 14.3 Å². The molecule has 0 radical (unpaired) electrons. The first-order valence-corrected chi connectivity index (χ1v) is 9.88. The standard InChI is InChI=1S/C21H23N5O3/c27-17-10-18(25(12-17)11-15-4-2-1-3-5-15)20-23-22-19-13-24(7-8-26(19)20)21(28)16-6-9-29-14-16/h1-6,9,14,17-18,27H,7-8,10-13H2/t17-,18+/m1/s1. The summed E-state index contributed by atoms with van der Waals surface area (Å²) < 4.78 is 7.14. The molecule has 2 aliphatic rings. The summed E-state index contributed by atoms with van der Waals surface area (Å²) in [5.41, 5.74) is 1.76. The van der Waals surface area contributed by atoms with Gasteiger partial charge in [-0.3, -0.25) is 9.69 Å². The molecule has 0 bridgehead atoms. The van der Waals surface area contributed by atoms with E-state index in [1.54, 1.807) is 11.0 Å². The number of hydrogen-bond donors (Lipinski definition) is 1. The molecule has 1 fully saturated rings. The molecule has 0 saturated carbocycles. The van der Waals surface area contributed by atoms with Gasteiger partial charge in [-0.1, -0.05) is 30.3 Å². The van der Waals surface area contributed by atoms with Crippen LogP contribution in [-0.4, -0.2) is 54.8 Å². The number of hydrogen-bond acceptors (Lipinski definition) is 6. The fourth-order valence-electron chi connectivity index (χ4n) is 4.31. The summed E-state index contributed by atoms with van der Waals surface area (Å²) in [5.74, 6) is 1.60. The number of β-amino-alcohol motifs (C(OH)–C–C–N with tert-alkyl or cyclic N) is 1. The lowest BCUT2D eigenvalue weighted by atomic mass is 10.1. The first kappa shape index (κ1) is 18.1. The Morgan fingerprint density at radius 1 is 1.17 bits per heavy atom. The van der Waals surface area contributed by atoms with E-state index in [1.165, 1.54) is 18.1 Å². The van der Waals surface area contributed by atoms with Crippen LogP contribution in [0.2, 0.25) is 0 Å². The Kier molecular flexibility index (Phi) is 4.65. The van der Waals surface area contributed by atoms with Crippen molar-refractivity contribution in [3.05, 3.63) is 71.7 Å². The van der Waals surface area contributed by atoms with Crippen molar-refractivity contribution in [3.8, 4) is 0 Å². The number of likely N-dealkylation sites (tertiary alicyclic amines) is 1. The molecule has 1 N–H and O–H groups in total. The van der Waals surface area contributed by atoms with Crippen LogP contribution in [0, 0.1) is 0 Å². The highest BCUT2D eigenvalue weighted by atomic mass is 16.3. The minimum atomic E-state index is -0.376. The number of amides is 1. The van der Waals surface area contributed by atoms with Crippen LogP contribution in [0.4, 0.5) is 0 Å². The Morgan fingerprint density at radius 2 is 2.03 bits per heavy atom. The van der Waals surface area contributed by atoms with Crippen molar-refractivity contribution in [1.82, 2.24) is 24.6 Å². The highest BCUT2D eigenvalue weighted by molar-refractivity contribution is 5.93. The molecule has 0 spiro atoms. The maximum absolute atomic E-state index is 12.6. The van der Waals surface area contributed by atoms with Gasteiger partial charge in [-0.05, 0) is 18.1 Å². The van der Waals surface area contributed by atoms with E-state index in [0.29, 0.717) is 38.2 Å². The Hall–Kier alpha value is -2.97. The average Bonchev–Trinajstić information content (AvgIpc) is 3.47. The van der Waals surface area contributed by atoms with E-state index in [-0.39, 0.29) is 18.1 Å². The molecule has 4 heterocycles. The number of fused-ring (bicyclic) bond motifs is 1. The summed E-state index contributed by atoms with van der Waals surface area (Å²) in [5, 5.41) is 19.1. The Bertz CT molecular complexity index is 985. The van der Waals surface area contributed by atoms with E-state index < -0.39 is 0 Å². The molecule has 1 saturated heterocycles. The minimum absolute atomic E-state index is 0.0163. The van der Waals surface area contributed by atoms with Crippen LogP contribution in [0.3, 0.4) is 0 Å². The number of aromatic nitrogens is 3. The summed E-state index contributed by atoms with van der Waals surface area (Å²) in [7, 11) is 0. The lowest BCUT2D eigenvalue weighted by Gasteiger charge is -2.29. The maximum Gasteiger partial charge on any atom is 0.257 e. The summed E-state index contributed by atoms with van der Waals surface area (Å²) in [6, 6.07) is 12.0. The minimum Gasteiger partial charge on any atom is -0.472 e. The van der Waals surface area contributed by atoms with Gasteiger partial charge in [0.05, 0.1) is 30.5 Å². The molecular weight excluding hydrogens is 370 g/mol. The van der Waals surface area contributed by atoms with Crippen LogP contribution in [0.15, 0.2) is 53.3 Å². The van der Waals surface area contributed by atoms with E-state index in [1.807, 2.05) is 18.2 Å². The first-order chi connectivity index (χ1) is 14.2. The largest absolute Gasteiger partial charge is 0.472 e. The molecule has 2 aromatic heterocycles. The zero-order valence-electron chi connectivity index (χ0n) is 16.0. The molecule has 1 aromatic carbocycles. The smallest absolute Gasteiger partial charge is 0.257 e. The molecule has 1 amide bonds. The molecule has 2 atom stereocenters. The van der Waals surface area contributed by atoms with Crippen molar-refractivity contribution in [2.24, 2.45) is 0 Å². The van der Waals surface area contributed by atoms with Gasteiger partial charge in [0.25, 0.3) is 5.91 Å². The van der Waals surface area contributed by atoms with Gasteiger partial charge in [0, 0.05) is 26.2 Å². The highest BCUT2D eigenvalue weighted by Crippen LogP contribution is 2.33. The van der Waals surface area contributed by atoms with Crippen LogP contribution in [-0.2, 0) is 19.6 Å². The number of aliphatic hydroxyl groups is 1. The summed E-state index contributed by atoms with van der Waals surface area (Å²) in [4.78, 5) is 16.6. The van der Waals surface area contributed by atoms with Crippen LogP contribution >= 0.6 is 0 Å². The Labute approximate surface area is 168 Å². The quantitative estimate of drug-likeness (QED) is 0.728. The second-order valence-corrected chi connectivity index (χ2v) is 7.69. The summed E-state index contributed by atoms with van der Waals surface area (Å²) in [6.07, 6.45) is 3.24. The van der Waals surface area contributed by atoms with Gasteiger partial charge in [-0.15, -0.1) is 10.2 Å². The molecule has 0 unspecified atom stereocenters. The molecule has 150 valence electrons. The third-order valence-electron chi connectivity index (χ3n) is 5.75. The zero-order valence-corrected chi connectivity index (χ0v) is 16.0. The second-order valence-electron chi connectivity index (χ2n) is 7.69. The normalized spacial score (nSPS) is 22.0. The van der Waals surface area contributed by atoms with Crippen LogP contribution < -0.4 is 0 Å². The number of carbonyl (C=O) groups is 1. The number of aliphatic hydroxyl groups excluding tert-OH is 1. The van der Waals surface area contributed by atoms with E-state index in [2.05, 4.69) is 31.8 Å². The number of furan rings is 1. The SMILES string of the molecule is O=C(c1ccoc1)N1CCn2c(nnc2[C@@H]2C[C@@H](O)CN2Cc2ccccc2)C1. The predicted octanol–water partition coefficient (Wildman–Crippen LogP) is 1.83. The van der Waals surface area contributed by atoms with Crippen molar-refractivity contribution >= 4 is 5.91 Å². The molecule has 2 aliphatic heterocycles. The van der Waals surface area contributed by atoms with E-state index in [9.17, 15) is 9.90 Å². The topological polar surface area (TPSA) is 87.6 Å². The molecule has 5 rings (SSSR count). The molecule has 29 heavy (non-hydrogen) atoms. The van der Waals surface area contributed by atoms with Crippen molar-refractivity contribution in [3.63, 3.8) is 0 Å². The van der Waals surface area contributed by atoms with Crippen LogP contribution in [0.1, 0.15) is 40.0 Å². The molecule has 8 heteroatoms.